The first-order valence-electron chi connectivity index (χ1n) is 4.74. The lowest BCUT2D eigenvalue weighted by molar-refractivity contribution is 0.00676. The van der Waals surface area contributed by atoms with Crippen LogP contribution < -0.4 is 0 Å². The van der Waals surface area contributed by atoms with E-state index in [0.29, 0.717) is 6.54 Å². The smallest absolute Gasteiger partial charge is 0.0872 e. The highest BCUT2D eigenvalue weighted by molar-refractivity contribution is 4.97. The maximum Gasteiger partial charge on any atom is 0.0872 e. The maximum atomic E-state index is 10.0. The van der Waals surface area contributed by atoms with Crippen molar-refractivity contribution in [2.45, 2.75) is 12.5 Å². The van der Waals surface area contributed by atoms with Gasteiger partial charge in [0.2, 0.25) is 0 Å². The van der Waals surface area contributed by atoms with E-state index in [2.05, 4.69) is 17.1 Å². The molecule has 1 heterocycles. The van der Waals surface area contributed by atoms with Gasteiger partial charge in [-0.25, -0.2) is 0 Å². The minimum atomic E-state index is -0.602. The molecule has 1 rings (SSSR count). The molecule has 0 aliphatic carbocycles. The molecular weight excluding hydrogens is 164 g/mol. The van der Waals surface area contributed by atoms with Gasteiger partial charge in [-0.15, -0.1) is 0 Å². The third-order valence-electron chi connectivity index (χ3n) is 2.11. The van der Waals surface area contributed by atoms with Crippen LogP contribution >= 0.6 is 0 Å². The summed E-state index contributed by atoms with van der Waals surface area (Å²) >= 11 is 0. The lowest BCUT2D eigenvalue weighted by Gasteiger charge is -2.31. The van der Waals surface area contributed by atoms with Crippen molar-refractivity contribution in [2.75, 3.05) is 40.3 Å². The lowest BCUT2D eigenvalue weighted by atomic mass is 10.1. The SMILES string of the molecule is CN(C)CC(C)(O)CN1CC=CC1. The molecule has 3 nitrogen and oxygen atoms in total. The zero-order chi connectivity index (χ0) is 9.90. The van der Waals surface area contributed by atoms with E-state index < -0.39 is 5.60 Å². The van der Waals surface area contributed by atoms with E-state index in [0.717, 1.165) is 19.6 Å². The predicted molar refractivity (Wildman–Crippen MR) is 54.8 cm³/mol. The second-order valence-electron chi connectivity index (χ2n) is 4.40. The minimum Gasteiger partial charge on any atom is -0.388 e. The Morgan fingerprint density at radius 2 is 1.92 bits per heavy atom. The van der Waals surface area contributed by atoms with Gasteiger partial charge >= 0.3 is 0 Å². The maximum absolute atomic E-state index is 10.0. The molecule has 13 heavy (non-hydrogen) atoms. The molecule has 0 spiro atoms. The third-order valence-corrected chi connectivity index (χ3v) is 2.11. The molecule has 0 radical (unpaired) electrons. The number of aliphatic hydroxyl groups is 1. The van der Waals surface area contributed by atoms with Crippen molar-refractivity contribution >= 4 is 0 Å². The molecular formula is C10H20N2O. The van der Waals surface area contributed by atoms with Gasteiger partial charge in [-0.3, -0.25) is 4.90 Å². The zero-order valence-corrected chi connectivity index (χ0v) is 8.82. The van der Waals surface area contributed by atoms with E-state index >= 15 is 0 Å². The van der Waals surface area contributed by atoms with Gasteiger partial charge in [0.15, 0.2) is 0 Å². The molecule has 0 saturated carbocycles. The Morgan fingerprint density at radius 3 is 2.38 bits per heavy atom. The highest BCUT2D eigenvalue weighted by Crippen LogP contribution is 2.10. The van der Waals surface area contributed by atoms with E-state index in [1.165, 1.54) is 0 Å². The molecule has 1 N–H and O–H groups in total. The Labute approximate surface area is 80.6 Å². The summed E-state index contributed by atoms with van der Waals surface area (Å²) < 4.78 is 0. The number of hydrogen-bond acceptors (Lipinski definition) is 3. The monoisotopic (exact) mass is 184 g/mol. The van der Waals surface area contributed by atoms with Crippen LogP contribution in [0.15, 0.2) is 12.2 Å². The van der Waals surface area contributed by atoms with Crippen molar-refractivity contribution < 1.29 is 5.11 Å². The van der Waals surface area contributed by atoms with Gasteiger partial charge in [0.05, 0.1) is 5.60 Å². The summed E-state index contributed by atoms with van der Waals surface area (Å²) in [4.78, 5) is 4.26. The standard InChI is InChI=1S/C10H20N2O/c1-10(13,8-11(2)3)9-12-6-4-5-7-12/h4-5,13H,6-9H2,1-3H3. The first kappa shape index (κ1) is 10.7. The van der Waals surface area contributed by atoms with Gasteiger partial charge in [-0.1, -0.05) is 12.2 Å². The number of rotatable bonds is 4. The Balaban J connectivity index is 2.32. The fraction of sp³-hybridized carbons (Fsp3) is 0.800. The predicted octanol–water partition coefficient (Wildman–Crippen LogP) is 0.171. The van der Waals surface area contributed by atoms with Gasteiger partial charge in [-0.05, 0) is 21.0 Å². The molecule has 0 aromatic carbocycles. The van der Waals surface area contributed by atoms with Crippen LogP contribution in [0.4, 0.5) is 0 Å². The highest BCUT2D eigenvalue weighted by atomic mass is 16.3. The van der Waals surface area contributed by atoms with Crippen molar-refractivity contribution in [1.82, 2.24) is 9.80 Å². The molecule has 1 aliphatic heterocycles. The first-order valence-corrected chi connectivity index (χ1v) is 4.74. The van der Waals surface area contributed by atoms with Crippen LogP contribution in [0.25, 0.3) is 0 Å². The molecule has 1 unspecified atom stereocenters. The van der Waals surface area contributed by atoms with E-state index in [9.17, 15) is 5.11 Å². The minimum absolute atomic E-state index is 0.602. The second kappa shape index (κ2) is 4.22. The van der Waals surface area contributed by atoms with E-state index in [-0.39, 0.29) is 0 Å². The Bertz CT molecular complexity index is 179. The van der Waals surface area contributed by atoms with Crippen LogP contribution in [0.1, 0.15) is 6.92 Å². The Kier molecular flexibility index (Phi) is 3.47. The summed E-state index contributed by atoms with van der Waals surface area (Å²) in [6.45, 7) is 5.31. The quantitative estimate of drug-likeness (QED) is 0.631. The van der Waals surface area contributed by atoms with Crippen LogP contribution in [-0.4, -0.2) is 60.8 Å². The average Bonchev–Trinajstić information content (AvgIpc) is 2.34. The van der Waals surface area contributed by atoms with Crippen molar-refractivity contribution in [2.24, 2.45) is 0 Å². The van der Waals surface area contributed by atoms with Crippen LogP contribution in [0.5, 0.6) is 0 Å². The van der Waals surface area contributed by atoms with E-state index in [4.69, 9.17) is 0 Å². The van der Waals surface area contributed by atoms with Gasteiger partial charge in [0.1, 0.15) is 0 Å². The third kappa shape index (κ3) is 3.89. The van der Waals surface area contributed by atoms with Gasteiger partial charge in [-0.2, -0.15) is 0 Å². The summed E-state index contributed by atoms with van der Waals surface area (Å²) in [5.74, 6) is 0. The summed E-state index contributed by atoms with van der Waals surface area (Å²) in [7, 11) is 3.97. The summed E-state index contributed by atoms with van der Waals surface area (Å²) in [6.07, 6.45) is 4.29. The molecule has 0 fully saturated rings. The van der Waals surface area contributed by atoms with Gasteiger partial charge in [0.25, 0.3) is 0 Å². The normalized spacial score (nSPS) is 22.5. The number of nitrogens with zero attached hydrogens (tertiary/aromatic N) is 2. The summed E-state index contributed by atoms with van der Waals surface area (Å²) in [5.41, 5.74) is -0.602. The molecule has 3 heteroatoms. The fourth-order valence-corrected chi connectivity index (χ4v) is 1.86. The van der Waals surface area contributed by atoms with Crippen molar-refractivity contribution in [3.8, 4) is 0 Å². The van der Waals surface area contributed by atoms with Crippen molar-refractivity contribution in [1.29, 1.82) is 0 Å². The molecule has 76 valence electrons. The number of β-amino-alcohol motifs (C(OH)–C–C–N with tert-alkyl or cyclic N) is 1. The largest absolute Gasteiger partial charge is 0.388 e. The van der Waals surface area contributed by atoms with Crippen molar-refractivity contribution in [3.63, 3.8) is 0 Å². The van der Waals surface area contributed by atoms with Crippen LogP contribution in [0.3, 0.4) is 0 Å². The molecule has 0 bridgehead atoms. The molecule has 1 atom stereocenters. The van der Waals surface area contributed by atoms with Crippen LogP contribution in [0.2, 0.25) is 0 Å². The van der Waals surface area contributed by atoms with E-state index in [1.54, 1.807) is 0 Å². The lowest BCUT2D eigenvalue weighted by Crippen LogP contribution is -2.46. The Morgan fingerprint density at radius 1 is 1.38 bits per heavy atom. The number of likely N-dealkylation sites (N-methyl/N-ethyl adjacent to an activating group) is 1. The van der Waals surface area contributed by atoms with Crippen LogP contribution in [0, 0.1) is 0 Å². The number of hydrogen-bond donors (Lipinski definition) is 1. The highest BCUT2D eigenvalue weighted by Gasteiger charge is 2.24. The molecule has 0 amide bonds. The van der Waals surface area contributed by atoms with Crippen molar-refractivity contribution in [3.05, 3.63) is 12.2 Å². The second-order valence-corrected chi connectivity index (χ2v) is 4.40. The summed E-state index contributed by atoms with van der Waals surface area (Å²) in [5, 5.41) is 10.0. The molecule has 0 saturated heterocycles. The van der Waals surface area contributed by atoms with Gasteiger partial charge in [0, 0.05) is 26.2 Å². The van der Waals surface area contributed by atoms with Crippen LogP contribution in [-0.2, 0) is 0 Å². The van der Waals surface area contributed by atoms with E-state index in [1.807, 2.05) is 25.9 Å². The summed E-state index contributed by atoms with van der Waals surface area (Å²) in [6, 6.07) is 0. The zero-order valence-electron chi connectivity index (χ0n) is 8.82. The average molecular weight is 184 g/mol. The molecule has 0 aromatic heterocycles. The topological polar surface area (TPSA) is 26.7 Å². The first-order chi connectivity index (χ1) is 5.99. The molecule has 1 aliphatic rings. The fourth-order valence-electron chi connectivity index (χ4n) is 1.86. The molecule has 0 aromatic rings. The van der Waals surface area contributed by atoms with Gasteiger partial charge < -0.3 is 10.0 Å². The Hall–Kier alpha value is -0.380.